The van der Waals surface area contributed by atoms with E-state index in [9.17, 15) is 0 Å². The van der Waals surface area contributed by atoms with Crippen LogP contribution < -0.4 is 14.2 Å². The molecular formula is C25H21NO3S2. The molecule has 2 heterocycles. The molecule has 0 unspecified atom stereocenters. The van der Waals surface area contributed by atoms with Gasteiger partial charge < -0.3 is 19.2 Å². The molecule has 0 amide bonds. The molecule has 31 heavy (non-hydrogen) atoms. The summed E-state index contributed by atoms with van der Waals surface area (Å²) in [5.74, 6) is 1.89. The highest BCUT2D eigenvalue weighted by molar-refractivity contribution is 7.99. The number of thiophene rings is 1. The number of methoxy groups -OCH3 is 3. The fraction of sp³-hybridized carbons (Fsp3) is 0.120. The van der Waals surface area contributed by atoms with Gasteiger partial charge in [0.1, 0.15) is 0 Å². The molecule has 0 saturated heterocycles. The summed E-state index contributed by atoms with van der Waals surface area (Å²) in [6.07, 6.45) is 0. The third-order valence-electron chi connectivity index (χ3n) is 5.19. The van der Waals surface area contributed by atoms with E-state index in [-0.39, 0.29) is 0 Å². The quantitative estimate of drug-likeness (QED) is 0.298. The molecule has 0 spiro atoms. The van der Waals surface area contributed by atoms with Crippen molar-refractivity contribution in [1.29, 1.82) is 0 Å². The van der Waals surface area contributed by atoms with Gasteiger partial charge in [0.2, 0.25) is 5.75 Å². The molecule has 0 saturated carbocycles. The Hall–Kier alpha value is -3.09. The number of aromatic amines is 1. The van der Waals surface area contributed by atoms with Crippen molar-refractivity contribution in [1.82, 2.24) is 4.98 Å². The molecule has 156 valence electrons. The maximum absolute atomic E-state index is 5.56. The van der Waals surface area contributed by atoms with Crippen LogP contribution in [-0.4, -0.2) is 26.3 Å². The average molecular weight is 448 g/mol. The molecule has 1 N–H and O–H groups in total. The first kappa shape index (κ1) is 19.8. The largest absolute Gasteiger partial charge is 0.493 e. The van der Waals surface area contributed by atoms with Crippen LogP contribution in [0.1, 0.15) is 0 Å². The first-order valence-electron chi connectivity index (χ1n) is 9.79. The van der Waals surface area contributed by atoms with Gasteiger partial charge in [0.05, 0.1) is 31.9 Å². The van der Waals surface area contributed by atoms with Crippen molar-refractivity contribution in [3.05, 3.63) is 66.7 Å². The van der Waals surface area contributed by atoms with Crippen molar-refractivity contribution in [2.75, 3.05) is 21.3 Å². The second-order valence-corrected chi connectivity index (χ2v) is 9.15. The summed E-state index contributed by atoms with van der Waals surface area (Å²) in [6, 6.07) is 23.1. The fourth-order valence-corrected chi connectivity index (χ4v) is 5.99. The molecule has 0 fully saturated rings. The highest BCUT2D eigenvalue weighted by atomic mass is 32.2. The number of para-hydroxylation sites is 1. The molecule has 0 aliphatic heterocycles. The smallest absolute Gasteiger partial charge is 0.203 e. The lowest BCUT2D eigenvalue weighted by Gasteiger charge is -2.14. The number of H-pyrrole nitrogens is 1. The van der Waals surface area contributed by atoms with Crippen molar-refractivity contribution in [3.8, 4) is 27.8 Å². The summed E-state index contributed by atoms with van der Waals surface area (Å²) >= 11 is 3.49. The monoisotopic (exact) mass is 447 g/mol. The number of hydrogen-bond acceptors (Lipinski definition) is 5. The van der Waals surface area contributed by atoms with Crippen LogP contribution in [-0.2, 0) is 0 Å². The topological polar surface area (TPSA) is 43.5 Å². The molecule has 0 aliphatic rings. The summed E-state index contributed by atoms with van der Waals surface area (Å²) in [4.78, 5) is 7.05. The minimum absolute atomic E-state index is 0.595. The van der Waals surface area contributed by atoms with E-state index < -0.39 is 0 Å². The van der Waals surface area contributed by atoms with E-state index in [4.69, 9.17) is 14.2 Å². The highest BCUT2D eigenvalue weighted by Gasteiger charge is 2.19. The van der Waals surface area contributed by atoms with Gasteiger partial charge in [-0.1, -0.05) is 48.2 Å². The van der Waals surface area contributed by atoms with Gasteiger partial charge in [-0.25, -0.2) is 0 Å². The van der Waals surface area contributed by atoms with Crippen molar-refractivity contribution in [2.45, 2.75) is 9.79 Å². The van der Waals surface area contributed by atoms with Crippen molar-refractivity contribution in [2.24, 2.45) is 0 Å². The zero-order valence-corrected chi connectivity index (χ0v) is 19.0. The molecule has 0 atom stereocenters. The lowest BCUT2D eigenvalue weighted by molar-refractivity contribution is 0.323. The summed E-state index contributed by atoms with van der Waals surface area (Å²) < 4.78 is 17.9. The average Bonchev–Trinajstić information content (AvgIpc) is 3.40. The SMILES string of the molecule is COc1cc(Sc2c(-c3cc4ccccc4s3)[nH]c3ccccc23)cc(OC)c1OC. The molecule has 0 bridgehead atoms. The van der Waals surface area contributed by atoms with E-state index in [1.165, 1.54) is 25.2 Å². The maximum Gasteiger partial charge on any atom is 0.203 e. The van der Waals surface area contributed by atoms with Gasteiger partial charge >= 0.3 is 0 Å². The summed E-state index contributed by atoms with van der Waals surface area (Å²) in [5.41, 5.74) is 2.24. The van der Waals surface area contributed by atoms with Crippen LogP contribution in [0.4, 0.5) is 0 Å². The van der Waals surface area contributed by atoms with Crippen LogP contribution in [0.2, 0.25) is 0 Å². The van der Waals surface area contributed by atoms with Crippen LogP contribution in [0.5, 0.6) is 17.2 Å². The lowest BCUT2D eigenvalue weighted by Crippen LogP contribution is -1.95. The van der Waals surface area contributed by atoms with E-state index in [0.29, 0.717) is 17.2 Å². The van der Waals surface area contributed by atoms with Gasteiger partial charge in [-0.15, -0.1) is 11.3 Å². The van der Waals surface area contributed by atoms with Crippen LogP contribution >= 0.6 is 23.1 Å². The Balaban J connectivity index is 1.67. The number of rotatable bonds is 6. The second kappa shape index (κ2) is 8.21. The van der Waals surface area contributed by atoms with Crippen LogP contribution in [0.25, 0.3) is 31.6 Å². The van der Waals surface area contributed by atoms with Crippen LogP contribution in [0.15, 0.2) is 76.5 Å². The van der Waals surface area contributed by atoms with Gasteiger partial charge in [-0.05, 0) is 35.7 Å². The summed E-state index contributed by atoms with van der Waals surface area (Å²) in [7, 11) is 4.90. The normalized spacial score (nSPS) is 11.2. The van der Waals surface area contributed by atoms with Crippen molar-refractivity contribution >= 4 is 44.1 Å². The third kappa shape index (κ3) is 3.52. The van der Waals surface area contributed by atoms with E-state index in [0.717, 1.165) is 16.1 Å². The minimum Gasteiger partial charge on any atom is -0.493 e. The van der Waals surface area contributed by atoms with Crippen LogP contribution in [0, 0.1) is 0 Å². The van der Waals surface area contributed by atoms with E-state index in [2.05, 4.69) is 59.6 Å². The molecule has 6 heteroatoms. The lowest BCUT2D eigenvalue weighted by atomic mass is 10.2. The third-order valence-corrected chi connectivity index (χ3v) is 7.42. The standard InChI is InChI=1S/C25H21NO3S2/c1-27-19-13-16(14-20(28-2)24(19)29-3)30-25-17-9-5-6-10-18(17)26-23(25)22-12-15-8-4-7-11-21(15)31-22/h4-14,26H,1-3H3. The summed E-state index contributed by atoms with van der Waals surface area (Å²) in [6.45, 7) is 0. The fourth-order valence-electron chi connectivity index (χ4n) is 3.73. The Morgan fingerprint density at radius 3 is 2.23 bits per heavy atom. The molecule has 5 aromatic rings. The van der Waals surface area contributed by atoms with Gasteiger partial charge in [0.15, 0.2) is 11.5 Å². The zero-order valence-electron chi connectivity index (χ0n) is 17.4. The summed E-state index contributed by atoms with van der Waals surface area (Å²) in [5, 5.41) is 2.44. The Morgan fingerprint density at radius 2 is 1.52 bits per heavy atom. The van der Waals surface area contributed by atoms with Gasteiger partial charge in [0.25, 0.3) is 0 Å². The van der Waals surface area contributed by atoms with Crippen molar-refractivity contribution < 1.29 is 14.2 Å². The molecule has 3 aromatic carbocycles. The molecule has 0 radical (unpaired) electrons. The Labute approximate surface area is 188 Å². The predicted molar refractivity (Wildman–Crippen MR) is 129 cm³/mol. The number of ether oxygens (including phenoxy) is 3. The number of nitrogens with one attached hydrogen (secondary N) is 1. The number of fused-ring (bicyclic) bond motifs is 2. The first-order chi connectivity index (χ1) is 15.2. The highest BCUT2D eigenvalue weighted by Crippen LogP contribution is 2.47. The van der Waals surface area contributed by atoms with E-state index in [1.54, 1.807) is 44.4 Å². The zero-order chi connectivity index (χ0) is 21.4. The van der Waals surface area contributed by atoms with Gasteiger partial charge in [-0.2, -0.15) is 0 Å². The van der Waals surface area contributed by atoms with E-state index >= 15 is 0 Å². The van der Waals surface area contributed by atoms with Gasteiger partial charge in [0, 0.05) is 25.4 Å². The Morgan fingerprint density at radius 1 is 0.806 bits per heavy atom. The minimum atomic E-state index is 0.595. The Kier molecular flexibility index (Phi) is 5.26. The Bertz CT molecular complexity index is 1330. The van der Waals surface area contributed by atoms with E-state index in [1.807, 2.05) is 12.1 Å². The first-order valence-corrected chi connectivity index (χ1v) is 11.4. The maximum atomic E-state index is 5.56. The predicted octanol–water partition coefficient (Wildman–Crippen LogP) is 7.23. The second-order valence-electron chi connectivity index (χ2n) is 6.99. The number of hydrogen-bond donors (Lipinski definition) is 1. The van der Waals surface area contributed by atoms with Crippen molar-refractivity contribution in [3.63, 3.8) is 0 Å². The van der Waals surface area contributed by atoms with Gasteiger partial charge in [-0.3, -0.25) is 0 Å². The number of benzene rings is 3. The molecule has 5 rings (SSSR count). The molecular weight excluding hydrogens is 426 g/mol. The van der Waals surface area contributed by atoms with Crippen LogP contribution in [0.3, 0.4) is 0 Å². The molecule has 4 nitrogen and oxygen atoms in total. The molecule has 0 aliphatic carbocycles. The number of aromatic nitrogens is 1. The molecule has 2 aromatic heterocycles.